The quantitative estimate of drug-likeness (QED) is 0.379. The van der Waals surface area contributed by atoms with Gasteiger partial charge in [-0.2, -0.15) is 0 Å². The van der Waals surface area contributed by atoms with Gasteiger partial charge in [-0.3, -0.25) is 9.42 Å². The molecule has 1 N–H and O–H groups in total. The zero-order valence-corrected chi connectivity index (χ0v) is 6.29. The fraction of sp³-hybridized carbons (Fsp3) is 0.200. The highest BCUT2D eigenvalue weighted by Gasteiger charge is 2.18. The van der Waals surface area contributed by atoms with Gasteiger partial charge in [0.2, 0.25) is 0 Å². The lowest BCUT2D eigenvalue weighted by molar-refractivity contribution is 0.205. The van der Waals surface area contributed by atoms with E-state index in [9.17, 15) is 4.57 Å². The minimum atomic E-state index is -3.90. The molecule has 1 atom stereocenters. The normalized spacial score (nSPS) is 15.3. The molecule has 0 heterocycles. The Morgan fingerprint density at radius 1 is 1.60 bits per heavy atom. The molecule has 0 amide bonds. The summed E-state index contributed by atoms with van der Waals surface area (Å²) in [6, 6.07) is 0. The van der Waals surface area contributed by atoms with Crippen LogP contribution in [0.15, 0.2) is 25.5 Å². The zero-order chi connectivity index (χ0) is 8.04. The first-order valence-electron chi connectivity index (χ1n) is 2.50. The molecule has 0 spiro atoms. The lowest BCUT2D eigenvalue weighted by atomic mass is 10.7. The van der Waals surface area contributed by atoms with Crippen molar-refractivity contribution in [2.75, 3.05) is 6.61 Å². The predicted molar refractivity (Wildman–Crippen MR) is 37.3 cm³/mol. The van der Waals surface area contributed by atoms with E-state index in [1.165, 1.54) is 6.08 Å². The van der Waals surface area contributed by atoms with Crippen LogP contribution in [0.3, 0.4) is 0 Å². The number of phosphoric ester groups is 1. The van der Waals surface area contributed by atoms with Crippen LogP contribution >= 0.6 is 7.82 Å². The van der Waals surface area contributed by atoms with Gasteiger partial charge >= 0.3 is 7.82 Å². The maximum atomic E-state index is 10.6. The molecule has 0 fully saturated rings. The van der Waals surface area contributed by atoms with Gasteiger partial charge in [-0.1, -0.05) is 12.7 Å². The van der Waals surface area contributed by atoms with Gasteiger partial charge in [0.25, 0.3) is 0 Å². The average Bonchev–Trinajstić information content (AvgIpc) is 1.84. The average molecular weight is 164 g/mol. The Morgan fingerprint density at radius 3 is 2.60 bits per heavy atom. The molecule has 0 aliphatic heterocycles. The van der Waals surface area contributed by atoms with Crippen molar-refractivity contribution in [3.05, 3.63) is 25.5 Å². The second-order valence-corrected chi connectivity index (χ2v) is 2.73. The highest BCUT2D eigenvalue weighted by Crippen LogP contribution is 2.42. The summed E-state index contributed by atoms with van der Waals surface area (Å²) in [4.78, 5) is 8.64. The van der Waals surface area contributed by atoms with E-state index in [4.69, 9.17) is 4.89 Å². The minimum absolute atomic E-state index is 0.0262. The molecular formula is C5H9O4P. The number of hydrogen-bond donors (Lipinski definition) is 1. The van der Waals surface area contributed by atoms with Crippen LogP contribution in [0.25, 0.3) is 0 Å². The molecule has 58 valence electrons. The van der Waals surface area contributed by atoms with Crippen LogP contribution in [-0.2, 0) is 13.6 Å². The molecule has 4 nitrogen and oxygen atoms in total. The molecule has 0 aromatic heterocycles. The van der Waals surface area contributed by atoms with Crippen LogP contribution in [0.5, 0.6) is 0 Å². The molecule has 0 saturated carbocycles. The van der Waals surface area contributed by atoms with Crippen LogP contribution < -0.4 is 0 Å². The summed E-state index contributed by atoms with van der Waals surface area (Å²) in [7, 11) is -3.90. The van der Waals surface area contributed by atoms with E-state index >= 15 is 0 Å². The molecule has 10 heavy (non-hydrogen) atoms. The van der Waals surface area contributed by atoms with Crippen LogP contribution in [0, 0.1) is 0 Å². The van der Waals surface area contributed by atoms with E-state index in [1.807, 2.05) is 0 Å². The third-order valence-corrected chi connectivity index (χ3v) is 1.45. The fourth-order valence-corrected chi connectivity index (χ4v) is 0.815. The van der Waals surface area contributed by atoms with Gasteiger partial charge in [-0.15, -0.1) is 6.58 Å². The van der Waals surface area contributed by atoms with E-state index in [-0.39, 0.29) is 6.61 Å². The Labute approximate surface area is 59.4 Å². The van der Waals surface area contributed by atoms with Crippen LogP contribution in [-0.4, -0.2) is 11.5 Å². The second kappa shape index (κ2) is 4.28. The van der Waals surface area contributed by atoms with Crippen molar-refractivity contribution in [2.45, 2.75) is 0 Å². The Bertz CT molecular complexity index is 165. The molecule has 0 aromatic carbocycles. The summed E-state index contributed by atoms with van der Waals surface area (Å²) in [5.74, 6) is 0. The van der Waals surface area contributed by atoms with Gasteiger partial charge in [0.15, 0.2) is 0 Å². The number of hydrogen-bond acceptors (Lipinski definition) is 3. The molecule has 5 heteroatoms. The second-order valence-electron chi connectivity index (χ2n) is 1.33. The summed E-state index contributed by atoms with van der Waals surface area (Å²) in [5.41, 5.74) is 0. The molecule has 0 saturated heterocycles. The van der Waals surface area contributed by atoms with Crippen LogP contribution in [0.1, 0.15) is 0 Å². The molecule has 0 aliphatic rings. The van der Waals surface area contributed by atoms with Gasteiger partial charge in [0.1, 0.15) is 0 Å². The SMILES string of the molecule is C=CCOP(=O)(O)OC=C. The van der Waals surface area contributed by atoms with Crippen molar-refractivity contribution in [1.29, 1.82) is 0 Å². The standard InChI is InChI=1S/C5H9O4P/c1-3-5-9-10(6,7)8-4-2/h3-4H,1-2,5H2,(H,6,7). The first kappa shape index (κ1) is 9.43. The zero-order valence-electron chi connectivity index (χ0n) is 5.40. The topological polar surface area (TPSA) is 55.8 Å². The Kier molecular flexibility index (Phi) is 4.03. The van der Waals surface area contributed by atoms with Gasteiger partial charge < -0.3 is 4.52 Å². The minimum Gasteiger partial charge on any atom is -0.413 e. The van der Waals surface area contributed by atoms with E-state index in [1.54, 1.807) is 0 Å². The van der Waals surface area contributed by atoms with Gasteiger partial charge in [-0.05, 0) is 0 Å². The third kappa shape index (κ3) is 4.32. The van der Waals surface area contributed by atoms with Crippen molar-refractivity contribution in [1.82, 2.24) is 0 Å². The Morgan fingerprint density at radius 2 is 2.20 bits per heavy atom. The summed E-state index contributed by atoms with van der Waals surface area (Å²) >= 11 is 0. The van der Waals surface area contributed by atoms with E-state index in [0.29, 0.717) is 0 Å². The van der Waals surface area contributed by atoms with E-state index in [2.05, 4.69) is 22.2 Å². The smallest absolute Gasteiger partial charge is 0.413 e. The molecule has 1 unspecified atom stereocenters. The van der Waals surface area contributed by atoms with Crippen molar-refractivity contribution in [2.24, 2.45) is 0 Å². The number of phosphoric acid groups is 1. The summed E-state index contributed by atoms with van der Waals surface area (Å²) in [6.07, 6.45) is 2.19. The van der Waals surface area contributed by atoms with Gasteiger partial charge in [-0.25, -0.2) is 4.57 Å². The first-order valence-corrected chi connectivity index (χ1v) is 3.99. The van der Waals surface area contributed by atoms with Crippen LogP contribution in [0.2, 0.25) is 0 Å². The highest BCUT2D eigenvalue weighted by atomic mass is 31.2. The molecule has 0 bridgehead atoms. The maximum absolute atomic E-state index is 10.6. The molecule has 0 radical (unpaired) electrons. The monoisotopic (exact) mass is 164 g/mol. The molecular weight excluding hydrogens is 155 g/mol. The predicted octanol–water partition coefficient (Wildman–Crippen LogP) is 1.45. The maximum Gasteiger partial charge on any atom is 0.527 e. The Balaban J connectivity index is 3.74. The lowest BCUT2D eigenvalue weighted by Gasteiger charge is -2.06. The van der Waals surface area contributed by atoms with Crippen molar-refractivity contribution in [3.63, 3.8) is 0 Å². The van der Waals surface area contributed by atoms with Crippen molar-refractivity contribution in [3.8, 4) is 0 Å². The van der Waals surface area contributed by atoms with E-state index in [0.717, 1.165) is 6.26 Å². The molecule has 0 aliphatic carbocycles. The van der Waals surface area contributed by atoms with Gasteiger partial charge in [0, 0.05) is 0 Å². The number of rotatable bonds is 5. The summed E-state index contributed by atoms with van der Waals surface area (Å²) in [5, 5.41) is 0. The molecule has 0 aromatic rings. The first-order chi connectivity index (χ1) is 4.62. The fourth-order valence-electron chi connectivity index (χ4n) is 0.272. The summed E-state index contributed by atoms with van der Waals surface area (Å²) in [6.45, 7) is 6.35. The molecule has 0 rings (SSSR count). The summed E-state index contributed by atoms with van der Waals surface area (Å²) < 4.78 is 19.0. The third-order valence-electron chi connectivity index (χ3n) is 0.563. The van der Waals surface area contributed by atoms with Crippen molar-refractivity contribution >= 4 is 7.82 Å². The largest absolute Gasteiger partial charge is 0.527 e. The van der Waals surface area contributed by atoms with Crippen molar-refractivity contribution < 1.29 is 18.5 Å². The lowest BCUT2D eigenvalue weighted by Crippen LogP contribution is -1.89. The van der Waals surface area contributed by atoms with Gasteiger partial charge in [0.05, 0.1) is 12.9 Å². The van der Waals surface area contributed by atoms with Crippen LogP contribution in [0.4, 0.5) is 0 Å². The highest BCUT2D eigenvalue weighted by molar-refractivity contribution is 7.47. The Hall–Kier alpha value is -0.570. The van der Waals surface area contributed by atoms with E-state index < -0.39 is 7.82 Å².